The number of amidine groups is 1. The Morgan fingerprint density at radius 2 is 1.60 bits per heavy atom. The highest BCUT2D eigenvalue weighted by Crippen LogP contribution is 2.51. The predicted molar refractivity (Wildman–Crippen MR) is 147 cm³/mol. The summed E-state index contributed by atoms with van der Waals surface area (Å²) in [6.07, 6.45) is 0. The maximum atomic E-state index is 13.8. The molecule has 0 aliphatic carbocycles. The zero-order chi connectivity index (χ0) is 23.9. The molecule has 7 heteroatoms. The second-order valence-electron chi connectivity index (χ2n) is 8.13. The number of carbonyl (C=O) groups excluding carboxylic acids is 1. The summed E-state index contributed by atoms with van der Waals surface area (Å²) in [7, 11) is 3.65. The lowest BCUT2D eigenvalue weighted by Crippen LogP contribution is -2.29. The zero-order valence-electron chi connectivity index (χ0n) is 19.1. The van der Waals surface area contributed by atoms with Crippen molar-refractivity contribution < 1.29 is 9.53 Å². The van der Waals surface area contributed by atoms with Gasteiger partial charge in [-0.3, -0.25) is 9.69 Å². The highest BCUT2D eigenvalue weighted by atomic mass is 32.2. The number of ether oxygens (including phenoxy) is 1. The number of hydrogen-bond acceptors (Lipinski definition) is 6. The molecular formula is C28H21N3O2S2. The van der Waals surface area contributed by atoms with Gasteiger partial charge < -0.3 is 9.64 Å². The molecule has 172 valence electrons. The van der Waals surface area contributed by atoms with Gasteiger partial charge in [0.15, 0.2) is 5.17 Å². The molecule has 0 atom stereocenters. The Labute approximate surface area is 212 Å². The van der Waals surface area contributed by atoms with Crippen molar-refractivity contribution in [3.63, 3.8) is 0 Å². The maximum Gasteiger partial charge on any atom is 0.274 e. The third kappa shape index (κ3) is 3.87. The number of benzene rings is 4. The van der Waals surface area contributed by atoms with Crippen LogP contribution in [0.5, 0.6) is 5.75 Å². The number of thioether (sulfide) groups is 2. The smallest absolute Gasteiger partial charge is 0.274 e. The number of para-hydroxylation sites is 1. The van der Waals surface area contributed by atoms with E-state index in [2.05, 4.69) is 29.2 Å². The van der Waals surface area contributed by atoms with E-state index in [4.69, 9.17) is 9.73 Å². The second kappa shape index (κ2) is 8.83. The third-order valence-electron chi connectivity index (χ3n) is 5.99. The summed E-state index contributed by atoms with van der Waals surface area (Å²) in [6, 6.07) is 30.0. The Kier molecular flexibility index (Phi) is 5.51. The minimum Gasteiger partial charge on any atom is -0.497 e. The number of carbonyl (C=O) groups is 1. The van der Waals surface area contributed by atoms with E-state index in [1.165, 1.54) is 11.8 Å². The lowest BCUT2D eigenvalue weighted by Gasteiger charge is -2.17. The van der Waals surface area contributed by atoms with E-state index in [-0.39, 0.29) is 5.91 Å². The summed E-state index contributed by atoms with van der Waals surface area (Å²) in [5, 5.41) is 3.81. The number of hydrogen-bond donors (Lipinski definition) is 0. The van der Waals surface area contributed by atoms with Gasteiger partial charge in [0.1, 0.15) is 10.7 Å². The van der Waals surface area contributed by atoms with Gasteiger partial charge in [0.2, 0.25) is 0 Å². The topological polar surface area (TPSA) is 45.1 Å². The molecule has 0 aromatic heterocycles. The van der Waals surface area contributed by atoms with E-state index >= 15 is 0 Å². The highest BCUT2D eigenvalue weighted by molar-refractivity contribution is 8.20. The number of anilines is 2. The number of fused-ring (bicyclic) bond motifs is 2. The molecule has 2 aliphatic rings. The molecule has 4 aromatic rings. The first kappa shape index (κ1) is 21.8. The fourth-order valence-electron chi connectivity index (χ4n) is 4.19. The molecule has 1 saturated heterocycles. The van der Waals surface area contributed by atoms with E-state index in [1.54, 1.807) is 23.8 Å². The number of amides is 1. The number of rotatable bonds is 3. The van der Waals surface area contributed by atoms with Gasteiger partial charge in [0.05, 0.1) is 29.2 Å². The molecule has 1 amide bonds. The molecule has 4 aromatic carbocycles. The van der Waals surface area contributed by atoms with Crippen molar-refractivity contribution in [2.24, 2.45) is 4.99 Å². The number of nitrogens with zero attached hydrogens (tertiary/aromatic N) is 3. The maximum absolute atomic E-state index is 13.8. The SMILES string of the molecule is COc1ccc2c(c1)N(C)/C(=C1\SC(=Nc3ccc4ccccc4c3)N(c3ccccc3)C1=O)S2. The number of aliphatic imine (C=N–C) groups is 1. The van der Waals surface area contributed by atoms with Gasteiger partial charge in [-0.15, -0.1) is 0 Å². The quantitative estimate of drug-likeness (QED) is 0.286. The third-order valence-corrected chi connectivity index (χ3v) is 8.38. The average molecular weight is 496 g/mol. The Morgan fingerprint density at radius 1 is 0.829 bits per heavy atom. The Bertz CT molecular complexity index is 1530. The van der Waals surface area contributed by atoms with Gasteiger partial charge >= 0.3 is 0 Å². The molecule has 5 nitrogen and oxygen atoms in total. The van der Waals surface area contributed by atoms with Crippen LogP contribution in [-0.4, -0.2) is 25.2 Å². The lowest BCUT2D eigenvalue weighted by molar-refractivity contribution is -0.113. The van der Waals surface area contributed by atoms with Crippen LogP contribution in [0.2, 0.25) is 0 Å². The molecule has 0 N–H and O–H groups in total. The molecule has 0 radical (unpaired) electrons. The van der Waals surface area contributed by atoms with Crippen molar-refractivity contribution in [1.82, 2.24) is 0 Å². The van der Waals surface area contributed by atoms with Gasteiger partial charge in [-0.1, -0.05) is 60.3 Å². The van der Waals surface area contributed by atoms with Crippen molar-refractivity contribution >= 4 is 62.4 Å². The van der Waals surface area contributed by atoms with E-state index in [9.17, 15) is 4.79 Å². The first-order chi connectivity index (χ1) is 17.1. The summed E-state index contributed by atoms with van der Waals surface area (Å²) in [5.74, 6) is 0.715. The fraction of sp³-hybridized carbons (Fsp3) is 0.0714. The van der Waals surface area contributed by atoms with Crippen molar-refractivity contribution in [3.8, 4) is 5.75 Å². The minimum atomic E-state index is -0.0742. The van der Waals surface area contributed by atoms with Crippen LogP contribution in [0.3, 0.4) is 0 Å². The molecule has 1 fully saturated rings. The first-order valence-corrected chi connectivity index (χ1v) is 12.7. The van der Waals surface area contributed by atoms with Crippen molar-refractivity contribution in [3.05, 3.63) is 101 Å². The van der Waals surface area contributed by atoms with Crippen LogP contribution in [0.15, 0.2) is 111 Å². The van der Waals surface area contributed by atoms with Gasteiger partial charge in [0.25, 0.3) is 5.91 Å². The normalized spacial score (nSPS) is 18.6. The van der Waals surface area contributed by atoms with Crippen LogP contribution in [0.25, 0.3) is 10.8 Å². The van der Waals surface area contributed by atoms with Gasteiger partial charge in [-0.2, -0.15) is 0 Å². The number of methoxy groups -OCH3 is 1. The Balaban J connectivity index is 1.45. The summed E-state index contributed by atoms with van der Waals surface area (Å²) in [5.41, 5.74) is 2.63. The predicted octanol–water partition coefficient (Wildman–Crippen LogP) is 7.03. The van der Waals surface area contributed by atoms with E-state index in [0.29, 0.717) is 10.1 Å². The second-order valence-corrected chi connectivity index (χ2v) is 10.1. The van der Waals surface area contributed by atoms with E-state index in [1.807, 2.05) is 73.8 Å². The van der Waals surface area contributed by atoms with Crippen LogP contribution >= 0.6 is 23.5 Å². The summed E-state index contributed by atoms with van der Waals surface area (Å²) < 4.78 is 5.41. The van der Waals surface area contributed by atoms with E-state index in [0.717, 1.165) is 43.5 Å². The van der Waals surface area contributed by atoms with Crippen LogP contribution in [0.1, 0.15) is 0 Å². The first-order valence-electron chi connectivity index (χ1n) is 11.1. The average Bonchev–Trinajstić information content (AvgIpc) is 3.39. The minimum absolute atomic E-state index is 0.0742. The van der Waals surface area contributed by atoms with Crippen LogP contribution in [0, 0.1) is 0 Å². The van der Waals surface area contributed by atoms with Crippen LogP contribution in [0.4, 0.5) is 17.1 Å². The lowest BCUT2D eigenvalue weighted by atomic mass is 10.1. The molecule has 2 aliphatic heterocycles. The molecule has 2 heterocycles. The van der Waals surface area contributed by atoms with Crippen molar-refractivity contribution in [1.29, 1.82) is 0 Å². The van der Waals surface area contributed by atoms with Gasteiger partial charge in [-0.25, -0.2) is 4.99 Å². The van der Waals surface area contributed by atoms with Crippen molar-refractivity contribution in [2.75, 3.05) is 24.0 Å². The summed E-state index contributed by atoms with van der Waals surface area (Å²) in [6.45, 7) is 0. The molecule has 35 heavy (non-hydrogen) atoms. The Hall–Kier alpha value is -3.68. The summed E-state index contributed by atoms with van der Waals surface area (Å²) in [4.78, 5) is 24.3. The summed E-state index contributed by atoms with van der Waals surface area (Å²) >= 11 is 3.01. The molecule has 0 saturated carbocycles. The zero-order valence-corrected chi connectivity index (χ0v) is 20.8. The van der Waals surface area contributed by atoms with E-state index < -0.39 is 0 Å². The van der Waals surface area contributed by atoms with Crippen LogP contribution in [-0.2, 0) is 4.79 Å². The van der Waals surface area contributed by atoms with Crippen molar-refractivity contribution in [2.45, 2.75) is 4.90 Å². The van der Waals surface area contributed by atoms with Gasteiger partial charge in [-0.05, 0) is 58.9 Å². The molecule has 6 rings (SSSR count). The van der Waals surface area contributed by atoms with Gasteiger partial charge in [0, 0.05) is 18.0 Å². The fourth-order valence-corrected chi connectivity index (χ4v) is 6.52. The standard InChI is InChI=1S/C28H21N3O2S2/c1-30-23-17-22(33-2)14-15-24(23)34-27(30)25-26(32)31(21-10-4-3-5-11-21)28(35-25)29-20-13-12-18-8-6-7-9-19(18)16-20/h3-17H,1-2H3/b27-25+,29-28?. The molecular weight excluding hydrogens is 474 g/mol. The highest BCUT2D eigenvalue weighted by Gasteiger charge is 2.40. The monoisotopic (exact) mass is 495 g/mol. The largest absolute Gasteiger partial charge is 0.497 e. The molecule has 0 spiro atoms. The van der Waals surface area contributed by atoms with Crippen LogP contribution < -0.4 is 14.5 Å². The molecule has 0 unspecified atom stereocenters. The Morgan fingerprint density at radius 3 is 2.40 bits per heavy atom. The molecule has 0 bridgehead atoms.